The summed E-state index contributed by atoms with van der Waals surface area (Å²) in [6, 6.07) is 9.12. The Labute approximate surface area is 128 Å². The molecule has 0 heterocycles. The maximum Gasteiger partial charge on any atom is 0.257 e. The van der Waals surface area contributed by atoms with Gasteiger partial charge in [-0.3, -0.25) is 4.79 Å². The molecule has 0 aliphatic carbocycles. The van der Waals surface area contributed by atoms with Crippen molar-refractivity contribution in [1.82, 2.24) is 0 Å². The van der Waals surface area contributed by atoms with Gasteiger partial charge in [-0.15, -0.1) is 0 Å². The molecular weight excluding hydrogens is 349 g/mol. The first-order valence-corrected chi connectivity index (χ1v) is 6.79. The van der Waals surface area contributed by atoms with Gasteiger partial charge in [0.15, 0.2) is 0 Å². The number of hydrogen-bond acceptors (Lipinski definition) is 2. The zero-order valence-electron chi connectivity index (χ0n) is 10.4. The van der Waals surface area contributed by atoms with Gasteiger partial charge in [0.25, 0.3) is 5.91 Å². The first-order valence-electron chi connectivity index (χ1n) is 5.62. The first-order chi connectivity index (χ1) is 9.52. The van der Waals surface area contributed by atoms with Crippen LogP contribution in [0.15, 0.2) is 40.9 Å². The standard InChI is InChI=1S/C14H10BrClFNO2/c1-20-8-5-6-10(15)9(7-8)14(19)18-13-11(16)3-2-4-12(13)17/h2-7H,1H3,(H,18,19). The molecule has 3 nitrogen and oxygen atoms in total. The fourth-order valence-corrected chi connectivity index (χ4v) is 2.24. The number of halogens is 3. The van der Waals surface area contributed by atoms with E-state index in [-0.39, 0.29) is 10.7 Å². The predicted molar refractivity (Wildman–Crippen MR) is 80.1 cm³/mol. The summed E-state index contributed by atoms with van der Waals surface area (Å²) in [4.78, 5) is 12.2. The van der Waals surface area contributed by atoms with Gasteiger partial charge in [-0.2, -0.15) is 0 Å². The van der Waals surface area contributed by atoms with Crippen LogP contribution in [-0.4, -0.2) is 13.0 Å². The molecule has 0 fully saturated rings. The largest absolute Gasteiger partial charge is 0.497 e. The molecule has 0 radical (unpaired) electrons. The third kappa shape index (κ3) is 3.11. The summed E-state index contributed by atoms with van der Waals surface area (Å²) >= 11 is 9.14. The summed E-state index contributed by atoms with van der Waals surface area (Å²) < 4.78 is 19.3. The highest BCUT2D eigenvalue weighted by molar-refractivity contribution is 9.10. The Morgan fingerprint density at radius 1 is 1.35 bits per heavy atom. The zero-order valence-corrected chi connectivity index (χ0v) is 12.8. The number of carbonyl (C=O) groups excluding carboxylic acids is 1. The van der Waals surface area contributed by atoms with E-state index in [1.165, 1.54) is 25.3 Å². The molecule has 6 heteroatoms. The van der Waals surface area contributed by atoms with Gasteiger partial charge >= 0.3 is 0 Å². The van der Waals surface area contributed by atoms with Crippen molar-refractivity contribution in [2.75, 3.05) is 12.4 Å². The highest BCUT2D eigenvalue weighted by Gasteiger charge is 2.15. The van der Waals surface area contributed by atoms with Gasteiger partial charge in [0.2, 0.25) is 0 Å². The number of anilines is 1. The number of hydrogen-bond donors (Lipinski definition) is 1. The lowest BCUT2D eigenvalue weighted by molar-refractivity contribution is 0.102. The summed E-state index contributed by atoms with van der Waals surface area (Å²) in [6.07, 6.45) is 0. The van der Waals surface area contributed by atoms with E-state index in [0.29, 0.717) is 15.8 Å². The number of ether oxygens (including phenoxy) is 1. The molecule has 0 aliphatic rings. The molecule has 0 spiro atoms. The van der Waals surface area contributed by atoms with E-state index in [9.17, 15) is 9.18 Å². The van der Waals surface area contributed by atoms with Crippen molar-refractivity contribution in [2.45, 2.75) is 0 Å². The molecule has 0 aliphatic heterocycles. The van der Waals surface area contributed by atoms with Crippen molar-refractivity contribution in [1.29, 1.82) is 0 Å². The first kappa shape index (κ1) is 14.8. The van der Waals surface area contributed by atoms with Crippen LogP contribution in [0.4, 0.5) is 10.1 Å². The molecule has 2 rings (SSSR count). The number of nitrogens with one attached hydrogen (secondary N) is 1. The molecule has 1 amide bonds. The van der Waals surface area contributed by atoms with Crippen LogP contribution < -0.4 is 10.1 Å². The summed E-state index contributed by atoms with van der Waals surface area (Å²) in [5, 5.41) is 2.59. The van der Waals surface area contributed by atoms with Crippen LogP contribution in [-0.2, 0) is 0 Å². The van der Waals surface area contributed by atoms with Gasteiger partial charge in [-0.25, -0.2) is 4.39 Å². The number of amides is 1. The van der Waals surface area contributed by atoms with Gasteiger partial charge in [0.05, 0.1) is 23.4 Å². The lowest BCUT2D eigenvalue weighted by Crippen LogP contribution is -2.14. The van der Waals surface area contributed by atoms with Crippen molar-refractivity contribution in [2.24, 2.45) is 0 Å². The van der Waals surface area contributed by atoms with E-state index in [4.69, 9.17) is 16.3 Å². The molecule has 0 unspecified atom stereocenters. The average molecular weight is 359 g/mol. The molecule has 0 saturated carbocycles. The maximum atomic E-state index is 13.6. The van der Waals surface area contributed by atoms with Crippen LogP contribution in [0.5, 0.6) is 5.75 Å². The van der Waals surface area contributed by atoms with Crippen LogP contribution >= 0.6 is 27.5 Å². The summed E-state index contributed by atoms with van der Waals surface area (Å²) in [6.45, 7) is 0. The Morgan fingerprint density at radius 2 is 2.10 bits per heavy atom. The molecule has 2 aromatic rings. The van der Waals surface area contributed by atoms with Crippen LogP contribution in [0.2, 0.25) is 5.02 Å². The number of methoxy groups -OCH3 is 1. The predicted octanol–water partition coefficient (Wildman–Crippen LogP) is 4.50. The molecule has 0 saturated heterocycles. The molecule has 2 aromatic carbocycles. The smallest absolute Gasteiger partial charge is 0.257 e. The Hall–Kier alpha value is -1.59. The van der Waals surface area contributed by atoms with Crippen LogP contribution in [0.25, 0.3) is 0 Å². The fraction of sp³-hybridized carbons (Fsp3) is 0.0714. The van der Waals surface area contributed by atoms with Gasteiger partial charge in [-0.05, 0) is 46.3 Å². The van der Waals surface area contributed by atoms with Crippen molar-refractivity contribution in [3.05, 3.63) is 57.3 Å². The normalized spacial score (nSPS) is 10.2. The number of rotatable bonds is 3. The lowest BCUT2D eigenvalue weighted by Gasteiger charge is -2.10. The van der Waals surface area contributed by atoms with Crippen molar-refractivity contribution in [3.63, 3.8) is 0 Å². The molecule has 0 bridgehead atoms. The van der Waals surface area contributed by atoms with E-state index in [1.54, 1.807) is 18.2 Å². The second-order valence-electron chi connectivity index (χ2n) is 3.90. The molecule has 0 aromatic heterocycles. The van der Waals surface area contributed by atoms with Gasteiger partial charge in [0, 0.05) is 4.47 Å². The van der Waals surface area contributed by atoms with Crippen molar-refractivity contribution < 1.29 is 13.9 Å². The number of carbonyl (C=O) groups is 1. The van der Waals surface area contributed by atoms with E-state index < -0.39 is 11.7 Å². The second kappa shape index (κ2) is 6.24. The molecule has 1 N–H and O–H groups in total. The third-order valence-corrected chi connectivity index (χ3v) is 3.63. The van der Waals surface area contributed by atoms with Crippen LogP contribution in [0.3, 0.4) is 0 Å². The Bertz CT molecular complexity index is 643. The number of benzene rings is 2. The maximum absolute atomic E-state index is 13.6. The third-order valence-electron chi connectivity index (χ3n) is 2.62. The van der Waals surface area contributed by atoms with E-state index in [0.717, 1.165) is 0 Å². The van der Waals surface area contributed by atoms with Crippen molar-refractivity contribution in [3.8, 4) is 5.75 Å². The minimum atomic E-state index is -0.593. The monoisotopic (exact) mass is 357 g/mol. The lowest BCUT2D eigenvalue weighted by atomic mass is 10.2. The molecule has 20 heavy (non-hydrogen) atoms. The summed E-state index contributed by atoms with van der Waals surface area (Å²) in [7, 11) is 1.50. The average Bonchev–Trinajstić information content (AvgIpc) is 2.43. The van der Waals surface area contributed by atoms with E-state index in [2.05, 4.69) is 21.2 Å². The topological polar surface area (TPSA) is 38.3 Å². The highest BCUT2D eigenvalue weighted by atomic mass is 79.9. The fourth-order valence-electron chi connectivity index (χ4n) is 1.60. The van der Waals surface area contributed by atoms with Gasteiger partial charge < -0.3 is 10.1 Å². The Kier molecular flexibility index (Phi) is 4.62. The molecule has 104 valence electrons. The van der Waals surface area contributed by atoms with Crippen LogP contribution in [0.1, 0.15) is 10.4 Å². The quantitative estimate of drug-likeness (QED) is 0.877. The second-order valence-corrected chi connectivity index (χ2v) is 5.16. The van der Waals surface area contributed by atoms with E-state index >= 15 is 0 Å². The minimum Gasteiger partial charge on any atom is -0.497 e. The zero-order chi connectivity index (χ0) is 14.7. The Balaban J connectivity index is 2.33. The van der Waals surface area contributed by atoms with Crippen LogP contribution in [0, 0.1) is 5.82 Å². The molecular formula is C14H10BrClFNO2. The summed E-state index contributed by atoms with van der Waals surface area (Å²) in [5.41, 5.74) is 0.276. The van der Waals surface area contributed by atoms with E-state index in [1.807, 2.05) is 0 Å². The number of para-hydroxylation sites is 1. The minimum absolute atomic E-state index is 0.0473. The molecule has 0 atom stereocenters. The SMILES string of the molecule is COc1ccc(Br)c(C(=O)Nc2c(F)cccc2Cl)c1. The summed E-state index contributed by atoms with van der Waals surface area (Å²) in [5.74, 6) is -0.550. The van der Waals surface area contributed by atoms with Gasteiger partial charge in [0.1, 0.15) is 11.6 Å². The van der Waals surface area contributed by atoms with Gasteiger partial charge in [-0.1, -0.05) is 17.7 Å². The van der Waals surface area contributed by atoms with Crippen molar-refractivity contribution >= 4 is 39.1 Å². The highest BCUT2D eigenvalue weighted by Crippen LogP contribution is 2.27. The Morgan fingerprint density at radius 3 is 2.75 bits per heavy atom.